The maximum atomic E-state index is 5.08. The quantitative estimate of drug-likeness (QED) is 0.306. The van der Waals surface area contributed by atoms with Crippen molar-refractivity contribution in [3.63, 3.8) is 0 Å². The minimum atomic E-state index is 0. The van der Waals surface area contributed by atoms with Crippen molar-refractivity contribution in [3.05, 3.63) is 60.0 Å². The second-order valence-corrected chi connectivity index (χ2v) is 5.72. The Kier molecular flexibility index (Phi) is 8.24. The van der Waals surface area contributed by atoms with Crippen molar-refractivity contribution in [2.45, 2.75) is 26.8 Å². The number of hydrogen-bond acceptors (Lipinski definition) is 5. The largest absolute Gasteiger partial charge is 0.357 e. The fourth-order valence-electron chi connectivity index (χ4n) is 2.45. The summed E-state index contributed by atoms with van der Waals surface area (Å²) in [6.45, 7) is 5.73. The van der Waals surface area contributed by atoms with Gasteiger partial charge < -0.3 is 15.2 Å². The molecule has 144 valence electrons. The first-order valence-electron chi connectivity index (χ1n) is 8.65. The van der Waals surface area contributed by atoms with E-state index in [4.69, 9.17) is 4.52 Å². The van der Waals surface area contributed by atoms with E-state index in [9.17, 15) is 0 Å². The third kappa shape index (κ3) is 6.35. The Bertz CT molecular complexity index is 828. The van der Waals surface area contributed by atoms with Gasteiger partial charge in [-0.3, -0.25) is 0 Å². The van der Waals surface area contributed by atoms with Crippen molar-refractivity contribution < 1.29 is 4.52 Å². The van der Waals surface area contributed by atoms with Crippen LogP contribution in [0, 0.1) is 6.92 Å². The monoisotopic (exact) mass is 481 g/mol. The van der Waals surface area contributed by atoms with Crippen molar-refractivity contribution >= 4 is 29.9 Å². The summed E-state index contributed by atoms with van der Waals surface area (Å²) < 4.78 is 6.92. The summed E-state index contributed by atoms with van der Waals surface area (Å²) >= 11 is 0. The van der Waals surface area contributed by atoms with E-state index < -0.39 is 0 Å². The fraction of sp³-hybridized carbons (Fsp3) is 0.333. The third-order valence-corrected chi connectivity index (χ3v) is 3.70. The summed E-state index contributed by atoms with van der Waals surface area (Å²) in [5.41, 5.74) is 2.30. The van der Waals surface area contributed by atoms with Crippen LogP contribution in [0.25, 0.3) is 5.69 Å². The number of rotatable bonds is 7. The van der Waals surface area contributed by atoms with Crippen LogP contribution in [0.1, 0.15) is 24.2 Å². The number of halogens is 1. The molecule has 2 heterocycles. The summed E-state index contributed by atoms with van der Waals surface area (Å²) in [4.78, 5) is 8.62. The van der Waals surface area contributed by atoms with Gasteiger partial charge in [0.15, 0.2) is 11.8 Å². The average molecular weight is 481 g/mol. The Morgan fingerprint density at radius 3 is 2.67 bits per heavy atom. The van der Waals surface area contributed by atoms with Crippen LogP contribution in [0.5, 0.6) is 0 Å². The molecule has 0 aliphatic rings. The highest BCUT2D eigenvalue weighted by Gasteiger charge is 2.03. The van der Waals surface area contributed by atoms with Gasteiger partial charge in [-0.2, -0.15) is 10.1 Å². The molecule has 2 aromatic heterocycles. The highest BCUT2D eigenvalue weighted by molar-refractivity contribution is 14.0. The lowest BCUT2D eigenvalue weighted by Gasteiger charge is -2.11. The predicted octanol–water partition coefficient (Wildman–Crippen LogP) is 2.48. The van der Waals surface area contributed by atoms with Crippen LogP contribution < -0.4 is 10.6 Å². The molecule has 0 radical (unpaired) electrons. The number of hydrogen-bond donors (Lipinski definition) is 2. The van der Waals surface area contributed by atoms with Gasteiger partial charge in [0.1, 0.15) is 6.54 Å². The van der Waals surface area contributed by atoms with Gasteiger partial charge in [0.2, 0.25) is 5.89 Å². The van der Waals surface area contributed by atoms with Crippen molar-refractivity contribution in [3.8, 4) is 5.69 Å². The molecule has 0 fully saturated rings. The van der Waals surface area contributed by atoms with Gasteiger partial charge in [0.05, 0.1) is 5.69 Å². The zero-order valence-corrected chi connectivity index (χ0v) is 17.8. The molecular weight excluding hydrogens is 457 g/mol. The summed E-state index contributed by atoms with van der Waals surface area (Å²) in [5.74, 6) is 1.86. The lowest BCUT2D eigenvalue weighted by atomic mass is 10.1. The van der Waals surface area contributed by atoms with Crippen LogP contribution in [-0.4, -0.2) is 39.0 Å². The van der Waals surface area contributed by atoms with E-state index in [2.05, 4.69) is 55.1 Å². The SMILES string of the molecule is CCNC(=NCc1nc(C)no1)NCCc1ccc(-n2cccn2)cc1.I. The first-order valence-corrected chi connectivity index (χ1v) is 8.65. The van der Waals surface area contributed by atoms with E-state index in [0.717, 1.165) is 31.2 Å². The number of nitrogens with one attached hydrogen (secondary N) is 2. The number of aromatic nitrogens is 4. The Labute approximate surface area is 175 Å². The van der Waals surface area contributed by atoms with Gasteiger partial charge in [-0.15, -0.1) is 24.0 Å². The lowest BCUT2D eigenvalue weighted by Crippen LogP contribution is -2.38. The van der Waals surface area contributed by atoms with Gasteiger partial charge in [-0.25, -0.2) is 9.67 Å². The van der Waals surface area contributed by atoms with E-state index in [1.807, 2.05) is 23.9 Å². The molecule has 0 aliphatic heterocycles. The van der Waals surface area contributed by atoms with Gasteiger partial charge in [0, 0.05) is 25.5 Å². The van der Waals surface area contributed by atoms with Gasteiger partial charge >= 0.3 is 0 Å². The van der Waals surface area contributed by atoms with E-state index in [0.29, 0.717) is 18.3 Å². The highest BCUT2D eigenvalue weighted by atomic mass is 127. The molecule has 0 atom stereocenters. The minimum Gasteiger partial charge on any atom is -0.357 e. The fourth-order valence-corrected chi connectivity index (χ4v) is 2.45. The molecule has 0 aliphatic carbocycles. The Hall–Kier alpha value is -2.43. The minimum absolute atomic E-state index is 0. The number of aryl methyl sites for hydroxylation is 1. The Morgan fingerprint density at radius 1 is 1.22 bits per heavy atom. The first-order chi connectivity index (χ1) is 12.7. The molecule has 8 nitrogen and oxygen atoms in total. The molecule has 1 aromatic carbocycles. The summed E-state index contributed by atoms with van der Waals surface area (Å²) in [6, 6.07) is 10.3. The third-order valence-electron chi connectivity index (χ3n) is 3.70. The summed E-state index contributed by atoms with van der Waals surface area (Å²) in [6.07, 6.45) is 4.60. The highest BCUT2D eigenvalue weighted by Crippen LogP contribution is 2.08. The normalized spacial score (nSPS) is 11.1. The van der Waals surface area contributed by atoms with E-state index in [-0.39, 0.29) is 24.0 Å². The summed E-state index contributed by atoms with van der Waals surface area (Å²) in [5, 5.41) is 14.5. The van der Waals surface area contributed by atoms with E-state index >= 15 is 0 Å². The van der Waals surface area contributed by atoms with Gasteiger partial charge in [-0.1, -0.05) is 17.3 Å². The number of benzene rings is 1. The standard InChI is InChI=1S/C18H23N7O.HI/c1-3-19-18(21-13-17-23-14(2)24-26-17)20-11-9-15-5-7-16(8-6-15)25-12-4-10-22-25;/h4-8,10,12H,3,9,11,13H2,1-2H3,(H2,19,20,21);1H. The van der Waals surface area contributed by atoms with Crippen molar-refractivity contribution in [1.29, 1.82) is 0 Å². The molecule has 0 saturated heterocycles. The van der Waals surface area contributed by atoms with Crippen LogP contribution in [0.2, 0.25) is 0 Å². The van der Waals surface area contributed by atoms with Crippen molar-refractivity contribution in [2.75, 3.05) is 13.1 Å². The molecule has 27 heavy (non-hydrogen) atoms. The van der Waals surface area contributed by atoms with Crippen LogP contribution in [0.15, 0.2) is 52.2 Å². The maximum absolute atomic E-state index is 5.08. The molecule has 0 amide bonds. The lowest BCUT2D eigenvalue weighted by molar-refractivity contribution is 0.376. The Balaban J connectivity index is 0.00000261. The molecule has 3 aromatic rings. The van der Waals surface area contributed by atoms with Crippen molar-refractivity contribution in [2.24, 2.45) is 4.99 Å². The van der Waals surface area contributed by atoms with Gasteiger partial charge in [0.25, 0.3) is 0 Å². The molecule has 0 spiro atoms. The smallest absolute Gasteiger partial charge is 0.248 e. The Morgan fingerprint density at radius 2 is 2.04 bits per heavy atom. The van der Waals surface area contributed by atoms with E-state index in [1.165, 1.54) is 5.56 Å². The second kappa shape index (κ2) is 10.7. The van der Waals surface area contributed by atoms with Crippen LogP contribution in [0.4, 0.5) is 0 Å². The van der Waals surface area contributed by atoms with E-state index in [1.54, 1.807) is 13.1 Å². The zero-order valence-electron chi connectivity index (χ0n) is 15.4. The second-order valence-electron chi connectivity index (χ2n) is 5.72. The number of aliphatic imine (C=N–C) groups is 1. The molecule has 0 unspecified atom stereocenters. The number of guanidine groups is 1. The molecule has 0 saturated carbocycles. The molecule has 3 rings (SSSR count). The molecule has 9 heteroatoms. The number of nitrogens with zero attached hydrogens (tertiary/aromatic N) is 5. The first kappa shape index (κ1) is 20.9. The van der Waals surface area contributed by atoms with Crippen molar-refractivity contribution in [1.82, 2.24) is 30.6 Å². The predicted molar refractivity (Wildman–Crippen MR) is 115 cm³/mol. The zero-order chi connectivity index (χ0) is 18.2. The molecule has 0 bridgehead atoms. The van der Waals surface area contributed by atoms with Crippen LogP contribution in [-0.2, 0) is 13.0 Å². The maximum Gasteiger partial charge on any atom is 0.248 e. The topological polar surface area (TPSA) is 93.2 Å². The van der Waals surface area contributed by atoms with Gasteiger partial charge in [-0.05, 0) is 44.0 Å². The van der Waals surface area contributed by atoms with Crippen LogP contribution in [0.3, 0.4) is 0 Å². The van der Waals surface area contributed by atoms with Crippen LogP contribution >= 0.6 is 24.0 Å². The summed E-state index contributed by atoms with van der Waals surface area (Å²) in [7, 11) is 0. The molecular formula is C18H24IN7O. The molecule has 2 N–H and O–H groups in total. The average Bonchev–Trinajstić information content (AvgIpc) is 3.32.